The van der Waals surface area contributed by atoms with Crippen LogP contribution in [0, 0.1) is 0 Å². The van der Waals surface area contributed by atoms with Crippen molar-refractivity contribution in [3.63, 3.8) is 0 Å². The number of nitrogens with one attached hydrogen (secondary N) is 3. The first-order chi connectivity index (χ1) is 8.10. The number of methoxy groups -OCH3 is 1. The van der Waals surface area contributed by atoms with Gasteiger partial charge in [0.2, 0.25) is 11.7 Å². The summed E-state index contributed by atoms with van der Waals surface area (Å²) < 4.78 is 4.75. The third-order valence-electron chi connectivity index (χ3n) is 1.87. The second-order valence-corrected chi connectivity index (χ2v) is 2.97. The fourth-order valence-corrected chi connectivity index (χ4v) is 1.01. The summed E-state index contributed by atoms with van der Waals surface area (Å²) >= 11 is 0. The molecule has 0 spiro atoms. The Morgan fingerprint density at radius 3 is 2.76 bits per heavy atom. The van der Waals surface area contributed by atoms with E-state index in [1.807, 2.05) is 0 Å². The number of hydrogen-bond acceptors (Lipinski definition) is 5. The number of hydrogen-bond donors (Lipinski definition) is 3. The standard InChI is InChI=1S/C9H12N4O4/c1-3-5(14)12-13-8(15)6-7(17-2)9(16)11-4-10-6/h4H,3H2,1-2H3,(H,12,14)(H,13,15)(H,10,11,16). The predicted octanol–water partition coefficient (Wildman–Crippen LogP) is -1.05. The fraction of sp³-hybridized carbons (Fsp3) is 0.333. The van der Waals surface area contributed by atoms with E-state index in [1.54, 1.807) is 6.92 Å². The van der Waals surface area contributed by atoms with Crippen molar-refractivity contribution < 1.29 is 14.3 Å². The van der Waals surface area contributed by atoms with Gasteiger partial charge in [-0.1, -0.05) is 6.92 Å². The summed E-state index contributed by atoms with van der Waals surface area (Å²) in [4.78, 5) is 39.7. The summed E-state index contributed by atoms with van der Waals surface area (Å²) in [7, 11) is 1.24. The number of aromatic nitrogens is 2. The summed E-state index contributed by atoms with van der Waals surface area (Å²) in [6, 6.07) is 0. The lowest BCUT2D eigenvalue weighted by Crippen LogP contribution is -2.42. The molecule has 8 heteroatoms. The van der Waals surface area contributed by atoms with Gasteiger partial charge in [-0.3, -0.25) is 25.2 Å². The van der Waals surface area contributed by atoms with Crippen LogP contribution < -0.4 is 21.1 Å². The molecule has 0 radical (unpaired) electrons. The van der Waals surface area contributed by atoms with E-state index in [-0.39, 0.29) is 23.8 Å². The topological polar surface area (TPSA) is 113 Å². The molecule has 1 aromatic heterocycles. The molecule has 0 saturated carbocycles. The maximum atomic E-state index is 11.6. The van der Waals surface area contributed by atoms with Crippen LogP contribution in [0.1, 0.15) is 23.8 Å². The van der Waals surface area contributed by atoms with Crippen LogP contribution in [-0.4, -0.2) is 28.9 Å². The minimum atomic E-state index is -0.727. The van der Waals surface area contributed by atoms with Crippen molar-refractivity contribution in [1.29, 1.82) is 0 Å². The molecular weight excluding hydrogens is 228 g/mol. The number of carbonyl (C=O) groups is 2. The van der Waals surface area contributed by atoms with Crippen LogP contribution >= 0.6 is 0 Å². The number of ether oxygens (including phenoxy) is 1. The van der Waals surface area contributed by atoms with Gasteiger partial charge in [0.05, 0.1) is 13.4 Å². The molecule has 0 aliphatic carbocycles. The molecule has 1 rings (SSSR count). The molecule has 0 fully saturated rings. The van der Waals surface area contributed by atoms with Crippen LogP contribution in [0.5, 0.6) is 5.75 Å². The number of hydrazine groups is 1. The molecule has 0 unspecified atom stereocenters. The van der Waals surface area contributed by atoms with Crippen molar-refractivity contribution >= 4 is 11.8 Å². The summed E-state index contributed by atoms with van der Waals surface area (Å²) in [5.41, 5.74) is 3.50. The number of rotatable bonds is 3. The van der Waals surface area contributed by atoms with Gasteiger partial charge < -0.3 is 9.72 Å². The molecule has 0 bridgehead atoms. The zero-order valence-corrected chi connectivity index (χ0v) is 9.36. The Hall–Kier alpha value is -2.38. The number of H-pyrrole nitrogens is 1. The molecule has 0 atom stereocenters. The van der Waals surface area contributed by atoms with Crippen molar-refractivity contribution in [2.45, 2.75) is 13.3 Å². The molecule has 3 N–H and O–H groups in total. The van der Waals surface area contributed by atoms with Crippen molar-refractivity contribution in [2.75, 3.05) is 7.11 Å². The van der Waals surface area contributed by atoms with E-state index < -0.39 is 11.5 Å². The van der Waals surface area contributed by atoms with Gasteiger partial charge in [-0.25, -0.2) is 4.98 Å². The summed E-state index contributed by atoms with van der Waals surface area (Å²) in [6.45, 7) is 1.63. The largest absolute Gasteiger partial charge is 0.489 e. The molecule has 0 aliphatic heterocycles. The Bertz CT molecular complexity index is 482. The van der Waals surface area contributed by atoms with E-state index in [0.29, 0.717) is 0 Å². The molecule has 1 aromatic rings. The maximum Gasteiger partial charge on any atom is 0.293 e. The Morgan fingerprint density at radius 1 is 1.47 bits per heavy atom. The first kappa shape index (κ1) is 12.7. The van der Waals surface area contributed by atoms with Gasteiger partial charge in [0.25, 0.3) is 11.5 Å². The zero-order valence-electron chi connectivity index (χ0n) is 9.36. The lowest BCUT2D eigenvalue weighted by atomic mass is 10.3. The van der Waals surface area contributed by atoms with Crippen molar-refractivity contribution in [2.24, 2.45) is 0 Å². The zero-order chi connectivity index (χ0) is 12.8. The number of carbonyl (C=O) groups excluding carboxylic acids is 2. The molecule has 1 heterocycles. The van der Waals surface area contributed by atoms with Crippen LogP contribution in [-0.2, 0) is 4.79 Å². The first-order valence-electron chi connectivity index (χ1n) is 4.81. The average Bonchev–Trinajstić information content (AvgIpc) is 2.35. The molecular formula is C9H12N4O4. The first-order valence-corrected chi connectivity index (χ1v) is 4.81. The van der Waals surface area contributed by atoms with Crippen LogP contribution in [0.3, 0.4) is 0 Å². The highest BCUT2D eigenvalue weighted by atomic mass is 16.5. The fourth-order valence-electron chi connectivity index (χ4n) is 1.01. The highest BCUT2D eigenvalue weighted by Crippen LogP contribution is 2.06. The summed E-state index contributed by atoms with van der Waals surface area (Å²) in [6.07, 6.45) is 1.29. The van der Waals surface area contributed by atoms with Gasteiger partial charge in [-0.05, 0) is 0 Å². The molecule has 0 saturated heterocycles. The molecule has 8 nitrogen and oxygen atoms in total. The van der Waals surface area contributed by atoms with Crippen molar-refractivity contribution in [3.05, 3.63) is 22.4 Å². The number of amides is 2. The van der Waals surface area contributed by atoms with Gasteiger partial charge >= 0.3 is 0 Å². The van der Waals surface area contributed by atoms with E-state index in [1.165, 1.54) is 7.11 Å². The number of aromatic amines is 1. The molecule has 17 heavy (non-hydrogen) atoms. The Morgan fingerprint density at radius 2 is 2.18 bits per heavy atom. The van der Waals surface area contributed by atoms with Gasteiger partial charge in [0.15, 0.2) is 5.69 Å². The van der Waals surface area contributed by atoms with Crippen molar-refractivity contribution in [3.8, 4) is 5.75 Å². The van der Waals surface area contributed by atoms with Gasteiger partial charge in [0, 0.05) is 6.42 Å². The second-order valence-electron chi connectivity index (χ2n) is 2.97. The average molecular weight is 240 g/mol. The van der Waals surface area contributed by atoms with E-state index in [4.69, 9.17) is 4.74 Å². The Kier molecular flexibility index (Phi) is 4.21. The third kappa shape index (κ3) is 3.03. The van der Waals surface area contributed by atoms with Gasteiger partial charge in [-0.15, -0.1) is 0 Å². The van der Waals surface area contributed by atoms with E-state index in [0.717, 1.165) is 6.33 Å². The molecule has 2 amide bonds. The number of nitrogens with zero attached hydrogens (tertiary/aromatic N) is 1. The summed E-state index contributed by atoms with van der Waals surface area (Å²) in [5, 5.41) is 0. The minimum absolute atomic E-state index is 0.201. The highest BCUT2D eigenvalue weighted by Gasteiger charge is 2.17. The van der Waals surface area contributed by atoms with Crippen LogP contribution in [0.15, 0.2) is 11.1 Å². The van der Waals surface area contributed by atoms with Crippen LogP contribution in [0.25, 0.3) is 0 Å². The quantitative estimate of drug-likeness (QED) is 0.583. The SMILES string of the molecule is CCC(=O)NNC(=O)c1nc[nH]c(=O)c1OC. The predicted molar refractivity (Wildman–Crippen MR) is 57.3 cm³/mol. The van der Waals surface area contributed by atoms with Crippen molar-refractivity contribution in [1.82, 2.24) is 20.8 Å². The van der Waals surface area contributed by atoms with Gasteiger partial charge in [0.1, 0.15) is 0 Å². The smallest absolute Gasteiger partial charge is 0.293 e. The summed E-state index contributed by atoms with van der Waals surface area (Å²) in [5.74, 6) is -1.30. The lowest BCUT2D eigenvalue weighted by molar-refractivity contribution is -0.121. The monoisotopic (exact) mass is 240 g/mol. The third-order valence-corrected chi connectivity index (χ3v) is 1.87. The van der Waals surface area contributed by atoms with E-state index >= 15 is 0 Å². The Labute approximate surface area is 96.4 Å². The highest BCUT2D eigenvalue weighted by molar-refractivity contribution is 5.95. The van der Waals surface area contributed by atoms with Crippen LogP contribution in [0.4, 0.5) is 0 Å². The van der Waals surface area contributed by atoms with E-state index in [9.17, 15) is 14.4 Å². The van der Waals surface area contributed by atoms with Crippen LogP contribution in [0.2, 0.25) is 0 Å². The Balaban J connectivity index is 2.86. The molecule has 0 aliphatic rings. The second kappa shape index (κ2) is 5.64. The normalized spacial score (nSPS) is 9.53. The molecule has 0 aromatic carbocycles. The minimum Gasteiger partial charge on any atom is -0.489 e. The van der Waals surface area contributed by atoms with Gasteiger partial charge in [-0.2, -0.15) is 0 Å². The molecule has 92 valence electrons. The van der Waals surface area contributed by atoms with E-state index in [2.05, 4.69) is 20.8 Å². The maximum absolute atomic E-state index is 11.6. The lowest BCUT2D eigenvalue weighted by Gasteiger charge is -2.07.